The zero-order valence-electron chi connectivity index (χ0n) is 11.7. The summed E-state index contributed by atoms with van der Waals surface area (Å²) in [6.45, 7) is 0. The Morgan fingerprint density at radius 1 is 1.04 bits per heavy atom. The predicted octanol–water partition coefficient (Wildman–Crippen LogP) is 4.54. The molecule has 0 fully saturated rings. The largest absolute Gasteiger partial charge is 0.478 e. The highest BCUT2D eigenvalue weighted by molar-refractivity contribution is 9.10. The van der Waals surface area contributed by atoms with E-state index in [1.54, 1.807) is 24.3 Å². The normalized spacial score (nSPS) is 10.5. The number of fused-ring (bicyclic) bond motifs is 1. The van der Waals surface area contributed by atoms with Crippen molar-refractivity contribution in [1.29, 1.82) is 0 Å². The van der Waals surface area contributed by atoms with Gasteiger partial charge in [0.05, 0.1) is 11.3 Å². The van der Waals surface area contributed by atoms with Crippen LogP contribution in [0.2, 0.25) is 0 Å². The van der Waals surface area contributed by atoms with E-state index in [0.29, 0.717) is 5.58 Å². The van der Waals surface area contributed by atoms with E-state index in [1.807, 2.05) is 12.1 Å². The Balaban J connectivity index is 1.77. The number of carbonyl (C=O) groups is 2. The Labute approximate surface area is 139 Å². The summed E-state index contributed by atoms with van der Waals surface area (Å²) < 4.78 is 6.40. The summed E-state index contributed by atoms with van der Waals surface area (Å²) in [6.07, 6.45) is 0. The summed E-state index contributed by atoms with van der Waals surface area (Å²) in [5.74, 6) is -0.849. The predicted molar refractivity (Wildman–Crippen MR) is 90.0 cm³/mol. The molecule has 0 saturated carbocycles. The van der Waals surface area contributed by atoms with Crippen LogP contribution in [0.15, 0.2) is 57.4 Å². The van der Waals surface area contributed by atoms with Gasteiger partial charge >= 0.3 is 12.0 Å². The van der Waals surface area contributed by atoms with Crippen molar-refractivity contribution in [2.45, 2.75) is 0 Å². The zero-order valence-corrected chi connectivity index (χ0v) is 13.3. The number of amides is 2. The average Bonchev–Trinajstić information content (AvgIpc) is 2.88. The van der Waals surface area contributed by atoms with Crippen LogP contribution in [0.5, 0.6) is 0 Å². The number of benzene rings is 2. The second-order valence-corrected chi connectivity index (χ2v) is 5.64. The second-order valence-electron chi connectivity index (χ2n) is 4.72. The highest BCUT2D eigenvalue weighted by Crippen LogP contribution is 2.26. The molecule has 3 rings (SSSR count). The van der Waals surface area contributed by atoms with E-state index in [0.717, 1.165) is 9.86 Å². The van der Waals surface area contributed by atoms with E-state index < -0.39 is 12.0 Å². The van der Waals surface area contributed by atoms with Gasteiger partial charge in [0, 0.05) is 15.9 Å². The lowest BCUT2D eigenvalue weighted by molar-refractivity contribution is 0.0698. The van der Waals surface area contributed by atoms with Gasteiger partial charge in [0.2, 0.25) is 5.88 Å². The standard InChI is InChI=1S/C16H11BrN2O4/c17-10-5-6-13-9(7-10)8-14(23-13)19-16(22)18-12-4-2-1-3-11(12)15(20)21/h1-8H,(H,20,21)(H2,18,19,22). The van der Waals surface area contributed by atoms with Gasteiger partial charge in [0.25, 0.3) is 0 Å². The number of urea groups is 1. The molecule has 0 unspecified atom stereocenters. The number of carbonyl (C=O) groups excluding carboxylic acids is 1. The summed E-state index contributed by atoms with van der Waals surface area (Å²) in [6, 6.07) is 12.7. The first-order valence-electron chi connectivity index (χ1n) is 6.62. The van der Waals surface area contributed by atoms with Crippen molar-refractivity contribution in [2.24, 2.45) is 0 Å². The Kier molecular flexibility index (Phi) is 4.03. The van der Waals surface area contributed by atoms with Gasteiger partial charge in [-0.3, -0.25) is 5.32 Å². The number of para-hydroxylation sites is 1. The third kappa shape index (κ3) is 3.35. The molecule has 3 N–H and O–H groups in total. The maximum Gasteiger partial charge on any atom is 0.337 e. The maximum absolute atomic E-state index is 12.0. The van der Waals surface area contributed by atoms with Gasteiger partial charge in [-0.15, -0.1) is 0 Å². The summed E-state index contributed by atoms with van der Waals surface area (Å²) in [4.78, 5) is 23.1. The topological polar surface area (TPSA) is 91.6 Å². The summed E-state index contributed by atoms with van der Waals surface area (Å²) >= 11 is 3.36. The van der Waals surface area contributed by atoms with E-state index in [1.165, 1.54) is 12.1 Å². The van der Waals surface area contributed by atoms with Gasteiger partial charge in [0.15, 0.2) is 0 Å². The van der Waals surface area contributed by atoms with Crippen LogP contribution in [0, 0.1) is 0 Å². The molecule has 2 aromatic carbocycles. The van der Waals surface area contributed by atoms with Crippen molar-refractivity contribution < 1.29 is 19.1 Å². The van der Waals surface area contributed by atoms with Gasteiger partial charge in [-0.05, 0) is 30.3 Å². The molecule has 0 spiro atoms. The number of nitrogens with one attached hydrogen (secondary N) is 2. The fourth-order valence-corrected chi connectivity index (χ4v) is 2.50. The number of halogens is 1. The molecule has 0 aliphatic heterocycles. The fourth-order valence-electron chi connectivity index (χ4n) is 2.12. The lowest BCUT2D eigenvalue weighted by Gasteiger charge is -2.08. The first kappa shape index (κ1) is 15.1. The molecular weight excluding hydrogens is 364 g/mol. The molecule has 0 aliphatic rings. The fraction of sp³-hybridized carbons (Fsp3) is 0. The van der Waals surface area contributed by atoms with Crippen LogP contribution in [0.4, 0.5) is 16.4 Å². The quantitative estimate of drug-likeness (QED) is 0.627. The molecule has 7 heteroatoms. The van der Waals surface area contributed by atoms with Crippen LogP contribution >= 0.6 is 15.9 Å². The molecule has 1 heterocycles. The smallest absolute Gasteiger partial charge is 0.337 e. The summed E-state index contributed by atoms with van der Waals surface area (Å²) in [5, 5.41) is 15.0. The van der Waals surface area contributed by atoms with Gasteiger partial charge in [-0.25, -0.2) is 9.59 Å². The third-order valence-corrected chi connectivity index (χ3v) is 3.61. The first-order valence-corrected chi connectivity index (χ1v) is 7.41. The second kappa shape index (κ2) is 6.13. The van der Waals surface area contributed by atoms with Crippen LogP contribution in [-0.4, -0.2) is 17.1 Å². The highest BCUT2D eigenvalue weighted by atomic mass is 79.9. The van der Waals surface area contributed by atoms with Crippen LogP contribution in [0.1, 0.15) is 10.4 Å². The Morgan fingerprint density at radius 2 is 1.83 bits per heavy atom. The van der Waals surface area contributed by atoms with Crippen molar-refractivity contribution in [2.75, 3.05) is 10.6 Å². The van der Waals surface area contributed by atoms with Gasteiger partial charge in [-0.2, -0.15) is 0 Å². The lowest BCUT2D eigenvalue weighted by Crippen LogP contribution is -2.20. The van der Waals surface area contributed by atoms with Crippen LogP contribution in [-0.2, 0) is 0 Å². The van der Waals surface area contributed by atoms with Crippen LogP contribution < -0.4 is 10.6 Å². The van der Waals surface area contributed by atoms with Gasteiger partial charge in [0.1, 0.15) is 5.58 Å². The lowest BCUT2D eigenvalue weighted by atomic mass is 10.2. The molecule has 0 atom stereocenters. The molecule has 0 radical (unpaired) electrons. The minimum absolute atomic E-state index is 0.0104. The number of anilines is 2. The van der Waals surface area contributed by atoms with Gasteiger partial charge < -0.3 is 14.8 Å². The number of furan rings is 1. The van der Waals surface area contributed by atoms with Crippen molar-refractivity contribution in [3.8, 4) is 0 Å². The minimum Gasteiger partial charge on any atom is -0.478 e. The molecule has 0 saturated heterocycles. The average molecular weight is 375 g/mol. The number of rotatable bonds is 3. The van der Waals surface area contributed by atoms with E-state index >= 15 is 0 Å². The molecule has 2 amide bonds. The molecule has 23 heavy (non-hydrogen) atoms. The van der Waals surface area contributed by atoms with Crippen molar-refractivity contribution >= 4 is 50.5 Å². The molecule has 1 aromatic heterocycles. The van der Waals surface area contributed by atoms with Crippen LogP contribution in [0.3, 0.4) is 0 Å². The number of hydrogen-bond donors (Lipinski definition) is 3. The Hall–Kier alpha value is -2.80. The monoisotopic (exact) mass is 374 g/mol. The third-order valence-electron chi connectivity index (χ3n) is 3.12. The van der Waals surface area contributed by atoms with E-state index in [4.69, 9.17) is 9.52 Å². The number of aromatic carboxylic acids is 1. The van der Waals surface area contributed by atoms with E-state index in [2.05, 4.69) is 26.6 Å². The molecule has 0 bridgehead atoms. The van der Waals surface area contributed by atoms with Gasteiger partial charge in [-0.1, -0.05) is 28.1 Å². The maximum atomic E-state index is 12.0. The molecular formula is C16H11BrN2O4. The van der Waals surface area contributed by atoms with E-state index in [-0.39, 0.29) is 17.1 Å². The summed E-state index contributed by atoms with van der Waals surface area (Å²) in [7, 11) is 0. The Morgan fingerprint density at radius 3 is 2.61 bits per heavy atom. The summed E-state index contributed by atoms with van der Waals surface area (Å²) in [5.41, 5.74) is 0.849. The Bertz CT molecular complexity index is 904. The number of carboxylic acids is 1. The van der Waals surface area contributed by atoms with Crippen LogP contribution in [0.25, 0.3) is 11.0 Å². The molecule has 3 aromatic rings. The number of carboxylic acid groups (broad SMARTS) is 1. The zero-order chi connectivity index (χ0) is 16.4. The minimum atomic E-state index is -1.12. The van der Waals surface area contributed by atoms with Crippen molar-refractivity contribution in [1.82, 2.24) is 0 Å². The SMILES string of the molecule is O=C(Nc1cc2cc(Br)ccc2o1)Nc1ccccc1C(=O)O. The van der Waals surface area contributed by atoms with E-state index in [9.17, 15) is 9.59 Å². The van der Waals surface area contributed by atoms with Crippen molar-refractivity contribution in [3.63, 3.8) is 0 Å². The molecule has 116 valence electrons. The van der Waals surface area contributed by atoms with Crippen molar-refractivity contribution in [3.05, 3.63) is 58.6 Å². The molecule has 6 nitrogen and oxygen atoms in total. The number of hydrogen-bond acceptors (Lipinski definition) is 3. The highest BCUT2D eigenvalue weighted by Gasteiger charge is 2.13. The molecule has 0 aliphatic carbocycles. The first-order chi connectivity index (χ1) is 11.0.